The molecule has 4 heterocycles. The number of hydrogen-bond donors (Lipinski definition) is 1. The summed E-state index contributed by atoms with van der Waals surface area (Å²) in [5.41, 5.74) is 0.749. The first-order chi connectivity index (χ1) is 12.9. The molecule has 10 heteroatoms. The van der Waals surface area contributed by atoms with E-state index >= 15 is 0 Å². The fourth-order valence-electron chi connectivity index (χ4n) is 3.35. The van der Waals surface area contributed by atoms with Crippen molar-refractivity contribution >= 4 is 46.7 Å². The molecule has 0 bridgehead atoms. The quantitative estimate of drug-likeness (QED) is 0.623. The van der Waals surface area contributed by atoms with Gasteiger partial charge in [0.25, 0.3) is 11.8 Å². The molecule has 27 heavy (non-hydrogen) atoms. The van der Waals surface area contributed by atoms with Crippen LogP contribution in [0.15, 0.2) is 36.7 Å². The van der Waals surface area contributed by atoms with E-state index in [0.29, 0.717) is 12.0 Å². The molecule has 0 aromatic carbocycles. The van der Waals surface area contributed by atoms with Crippen molar-refractivity contribution in [3.63, 3.8) is 0 Å². The van der Waals surface area contributed by atoms with E-state index in [1.807, 2.05) is 0 Å². The number of imide groups is 1. The lowest BCUT2D eigenvalue weighted by Gasteiger charge is -2.18. The highest BCUT2D eigenvalue weighted by Gasteiger charge is 2.51. The van der Waals surface area contributed by atoms with Crippen LogP contribution in [0.4, 0.5) is 10.5 Å². The maximum Gasteiger partial charge on any atom is 0.332 e. The first kappa shape index (κ1) is 17.7. The maximum atomic E-state index is 12.8. The Hall–Kier alpha value is -2.71. The second kappa shape index (κ2) is 6.79. The van der Waals surface area contributed by atoms with Crippen LogP contribution in [0.5, 0.6) is 0 Å². The Balaban J connectivity index is 1.49. The van der Waals surface area contributed by atoms with E-state index in [-0.39, 0.29) is 40.4 Å². The van der Waals surface area contributed by atoms with Gasteiger partial charge in [0.05, 0.1) is 5.69 Å². The van der Waals surface area contributed by atoms with Crippen LogP contribution in [-0.2, 0) is 4.79 Å². The number of anilines is 1. The van der Waals surface area contributed by atoms with Crippen LogP contribution < -0.4 is 10.2 Å². The molecular formula is C17H13Cl2N5O3. The number of amides is 4. The molecule has 0 spiro atoms. The standard InChI is InChI=1S/C17H13Cl2N5O3/c18-13-6-11(7-14(19)22-13)24-16(26)12-5-10(8-23(12)17(24)27)21-15(25)9-1-3-20-4-2-9/h1-4,6-7,10,12H,5,8H2,(H,21,25). The minimum absolute atomic E-state index is 0.0904. The van der Waals surface area contributed by atoms with Gasteiger partial charge < -0.3 is 10.2 Å². The van der Waals surface area contributed by atoms with Crippen LogP contribution in [0.3, 0.4) is 0 Å². The molecule has 138 valence electrons. The van der Waals surface area contributed by atoms with Crippen LogP contribution >= 0.6 is 23.2 Å². The second-order valence-corrected chi connectivity index (χ2v) is 7.01. The minimum Gasteiger partial charge on any atom is -0.347 e. The topological polar surface area (TPSA) is 95.5 Å². The molecule has 8 nitrogen and oxygen atoms in total. The third-order valence-corrected chi connectivity index (χ3v) is 4.91. The molecule has 2 unspecified atom stereocenters. The van der Waals surface area contributed by atoms with Crippen molar-refractivity contribution in [2.75, 3.05) is 11.4 Å². The zero-order chi connectivity index (χ0) is 19.1. The Morgan fingerprint density at radius 2 is 1.81 bits per heavy atom. The zero-order valence-corrected chi connectivity index (χ0v) is 15.3. The summed E-state index contributed by atoms with van der Waals surface area (Å²) in [6.45, 7) is 0.245. The molecule has 2 saturated heterocycles. The van der Waals surface area contributed by atoms with Crippen molar-refractivity contribution in [3.05, 3.63) is 52.5 Å². The first-order valence-electron chi connectivity index (χ1n) is 8.12. The SMILES string of the molecule is O=C(NC1CC2C(=O)N(c3cc(Cl)nc(Cl)c3)C(=O)N2C1)c1ccncc1. The smallest absolute Gasteiger partial charge is 0.332 e. The first-order valence-corrected chi connectivity index (χ1v) is 8.88. The number of urea groups is 1. The zero-order valence-electron chi connectivity index (χ0n) is 13.8. The van der Waals surface area contributed by atoms with E-state index in [4.69, 9.17) is 23.2 Å². The van der Waals surface area contributed by atoms with Crippen LogP contribution in [0.1, 0.15) is 16.8 Å². The van der Waals surface area contributed by atoms with Crippen molar-refractivity contribution in [3.8, 4) is 0 Å². The Morgan fingerprint density at radius 3 is 2.44 bits per heavy atom. The molecule has 0 saturated carbocycles. The van der Waals surface area contributed by atoms with Gasteiger partial charge >= 0.3 is 6.03 Å². The highest BCUT2D eigenvalue weighted by atomic mass is 35.5. The van der Waals surface area contributed by atoms with Gasteiger partial charge in [0, 0.05) is 30.5 Å². The molecule has 4 rings (SSSR count). The van der Waals surface area contributed by atoms with E-state index in [9.17, 15) is 14.4 Å². The van der Waals surface area contributed by atoms with Gasteiger partial charge in [0.1, 0.15) is 16.3 Å². The Morgan fingerprint density at radius 1 is 1.15 bits per heavy atom. The van der Waals surface area contributed by atoms with Gasteiger partial charge in [-0.25, -0.2) is 14.7 Å². The molecule has 2 aromatic heterocycles. The van der Waals surface area contributed by atoms with Gasteiger partial charge in [-0.1, -0.05) is 23.2 Å². The lowest BCUT2D eigenvalue weighted by atomic mass is 10.1. The number of pyridine rings is 2. The maximum absolute atomic E-state index is 12.8. The number of halogens is 2. The predicted molar refractivity (Wildman–Crippen MR) is 97.7 cm³/mol. The number of nitrogens with one attached hydrogen (secondary N) is 1. The highest BCUT2D eigenvalue weighted by molar-refractivity contribution is 6.33. The van der Waals surface area contributed by atoms with Gasteiger partial charge in [-0.3, -0.25) is 14.6 Å². The number of aromatic nitrogens is 2. The van der Waals surface area contributed by atoms with E-state index < -0.39 is 12.1 Å². The number of rotatable bonds is 3. The molecule has 2 aliphatic rings. The van der Waals surface area contributed by atoms with Gasteiger partial charge in [-0.05, 0) is 30.7 Å². The summed E-state index contributed by atoms with van der Waals surface area (Å²) < 4.78 is 0. The summed E-state index contributed by atoms with van der Waals surface area (Å²) >= 11 is 11.7. The molecule has 2 atom stereocenters. The molecule has 2 fully saturated rings. The van der Waals surface area contributed by atoms with Crippen molar-refractivity contribution in [2.45, 2.75) is 18.5 Å². The molecule has 0 aliphatic carbocycles. The van der Waals surface area contributed by atoms with Gasteiger partial charge in [0.15, 0.2) is 0 Å². The van der Waals surface area contributed by atoms with E-state index in [2.05, 4.69) is 15.3 Å². The molecule has 1 N–H and O–H groups in total. The van der Waals surface area contributed by atoms with Crippen LogP contribution in [0, 0.1) is 0 Å². The van der Waals surface area contributed by atoms with Crippen molar-refractivity contribution in [1.82, 2.24) is 20.2 Å². The second-order valence-electron chi connectivity index (χ2n) is 6.24. The highest BCUT2D eigenvalue weighted by Crippen LogP contribution is 2.33. The molecule has 2 aliphatic heterocycles. The molecular weight excluding hydrogens is 393 g/mol. The fraction of sp³-hybridized carbons (Fsp3) is 0.235. The third-order valence-electron chi connectivity index (χ3n) is 4.53. The lowest BCUT2D eigenvalue weighted by Crippen LogP contribution is -2.41. The number of carbonyl (C=O) groups is 3. The lowest BCUT2D eigenvalue weighted by molar-refractivity contribution is -0.119. The van der Waals surface area contributed by atoms with Crippen LogP contribution in [-0.4, -0.2) is 51.3 Å². The summed E-state index contributed by atoms with van der Waals surface area (Å²) in [6.07, 6.45) is 3.39. The van der Waals surface area contributed by atoms with Crippen molar-refractivity contribution in [2.24, 2.45) is 0 Å². The summed E-state index contributed by atoms with van der Waals surface area (Å²) in [6, 6.07) is 4.61. The van der Waals surface area contributed by atoms with E-state index in [1.54, 1.807) is 12.1 Å². The van der Waals surface area contributed by atoms with Crippen molar-refractivity contribution < 1.29 is 14.4 Å². The van der Waals surface area contributed by atoms with Gasteiger partial charge in [-0.2, -0.15) is 0 Å². The molecule has 2 aromatic rings. The van der Waals surface area contributed by atoms with Crippen LogP contribution in [0.25, 0.3) is 0 Å². The van der Waals surface area contributed by atoms with E-state index in [0.717, 1.165) is 4.90 Å². The predicted octanol–water partition coefficient (Wildman–Crippen LogP) is 2.12. The Bertz CT molecular complexity index is 895. The van der Waals surface area contributed by atoms with Gasteiger partial charge in [-0.15, -0.1) is 0 Å². The number of hydrogen-bond acceptors (Lipinski definition) is 5. The minimum atomic E-state index is -0.633. The molecule has 4 amide bonds. The summed E-state index contributed by atoms with van der Waals surface area (Å²) in [5.74, 6) is -0.646. The summed E-state index contributed by atoms with van der Waals surface area (Å²) in [5, 5.41) is 3.03. The number of nitrogens with zero attached hydrogens (tertiary/aromatic N) is 4. The molecule has 0 radical (unpaired) electrons. The normalized spacial score (nSPS) is 21.6. The van der Waals surface area contributed by atoms with Gasteiger partial charge in [0.2, 0.25) is 0 Å². The number of fused-ring (bicyclic) bond motifs is 1. The third kappa shape index (κ3) is 3.22. The summed E-state index contributed by atoms with van der Waals surface area (Å²) in [4.78, 5) is 47.9. The fourth-order valence-corrected chi connectivity index (χ4v) is 3.80. The van der Waals surface area contributed by atoms with Crippen molar-refractivity contribution in [1.29, 1.82) is 0 Å². The number of carbonyl (C=O) groups excluding carboxylic acids is 3. The average Bonchev–Trinajstić information content (AvgIpc) is 3.14. The monoisotopic (exact) mass is 405 g/mol. The van der Waals surface area contributed by atoms with Crippen LogP contribution in [0.2, 0.25) is 10.3 Å². The largest absolute Gasteiger partial charge is 0.347 e. The Labute approximate surface area is 164 Å². The Kier molecular flexibility index (Phi) is 4.45. The van der Waals surface area contributed by atoms with E-state index in [1.165, 1.54) is 29.4 Å². The summed E-state index contributed by atoms with van der Waals surface area (Å²) in [7, 11) is 0. The average molecular weight is 406 g/mol.